The first-order valence-electron chi connectivity index (χ1n) is 6.11. The molecule has 0 amide bonds. The van der Waals surface area contributed by atoms with Gasteiger partial charge in [-0.3, -0.25) is 4.79 Å². The average Bonchev–Trinajstić information content (AvgIpc) is 2.96. The first kappa shape index (κ1) is 11.3. The van der Waals surface area contributed by atoms with Crippen LogP contribution in [0.5, 0.6) is 11.5 Å². The molecular weight excluding hydrogens is 234 g/mol. The van der Waals surface area contributed by atoms with Crippen LogP contribution >= 0.6 is 0 Å². The molecule has 2 N–H and O–H groups in total. The molecule has 0 bridgehead atoms. The second-order valence-corrected chi connectivity index (χ2v) is 4.64. The quantitative estimate of drug-likeness (QED) is 0.830. The van der Waals surface area contributed by atoms with E-state index in [4.69, 9.17) is 14.6 Å². The Morgan fingerprint density at radius 3 is 3.17 bits per heavy atom. The molecule has 2 aliphatic heterocycles. The van der Waals surface area contributed by atoms with Gasteiger partial charge in [-0.15, -0.1) is 0 Å². The lowest BCUT2D eigenvalue weighted by Crippen LogP contribution is -2.30. The third-order valence-electron chi connectivity index (χ3n) is 3.36. The summed E-state index contributed by atoms with van der Waals surface area (Å²) in [5, 5.41) is 11.8. The van der Waals surface area contributed by atoms with Crippen molar-refractivity contribution in [2.75, 3.05) is 13.2 Å². The molecule has 2 aliphatic rings. The Morgan fingerprint density at radius 1 is 1.50 bits per heavy atom. The van der Waals surface area contributed by atoms with Crippen LogP contribution in [0.25, 0.3) is 0 Å². The Morgan fingerprint density at radius 2 is 2.39 bits per heavy atom. The number of rotatable bonds is 3. The van der Waals surface area contributed by atoms with Crippen LogP contribution in [-0.4, -0.2) is 36.4 Å². The third kappa shape index (κ3) is 2.13. The van der Waals surface area contributed by atoms with E-state index in [-0.39, 0.29) is 6.10 Å². The monoisotopic (exact) mass is 249 g/mol. The van der Waals surface area contributed by atoms with E-state index in [9.17, 15) is 4.79 Å². The highest BCUT2D eigenvalue weighted by molar-refractivity contribution is 5.73. The fourth-order valence-corrected chi connectivity index (χ4v) is 2.39. The second kappa shape index (κ2) is 4.49. The number of aliphatic carboxylic acids is 1. The van der Waals surface area contributed by atoms with Gasteiger partial charge in [0.15, 0.2) is 0 Å². The average molecular weight is 249 g/mol. The van der Waals surface area contributed by atoms with Gasteiger partial charge in [-0.1, -0.05) is 6.07 Å². The number of carboxylic acid groups (broad SMARTS) is 1. The normalized spacial score (nSPS) is 25.6. The van der Waals surface area contributed by atoms with Crippen LogP contribution < -0.4 is 14.8 Å². The van der Waals surface area contributed by atoms with Gasteiger partial charge < -0.3 is 19.9 Å². The van der Waals surface area contributed by atoms with Crippen molar-refractivity contribution in [1.29, 1.82) is 0 Å². The first-order valence-corrected chi connectivity index (χ1v) is 6.11. The van der Waals surface area contributed by atoms with Gasteiger partial charge in [0.1, 0.15) is 23.6 Å². The first-order chi connectivity index (χ1) is 8.72. The predicted octanol–water partition coefficient (Wildman–Crippen LogP) is 0.815. The molecular formula is C13H15NO4. The summed E-state index contributed by atoms with van der Waals surface area (Å²) in [7, 11) is 0. The van der Waals surface area contributed by atoms with E-state index in [1.54, 1.807) is 0 Å². The summed E-state index contributed by atoms with van der Waals surface area (Å²) in [6, 6.07) is 5.31. The van der Waals surface area contributed by atoms with Crippen molar-refractivity contribution in [1.82, 2.24) is 5.32 Å². The van der Waals surface area contributed by atoms with Crippen LogP contribution in [0.1, 0.15) is 12.0 Å². The number of ether oxygens (including phenoxy) is 2. The fourth-order valence-electron chi connectivity index (χ4n) is 2.39. The van der Waals surface area contributed by atoms with Crippen molar-refractivity contribution < 1.29 is 19.4 Å². The molecule has 0 radical (unpaired) electrons. The fraction of sp³-hybridized carbons (Fsp3) is 0.462. The van der Waals surface area contributed by atoms with Gasteiger partial charge in [-0.2, -0.15) is 0 Å². The molecule has 0 spiro atoms. The van der Waals surface area contributed by atoms with E-state index in [1.165, 1.54) is 5.56 Å². The summed E-state index contributed by atoms with van der Waals surface area (Å²) in [4.78, 5) is 10.8. The van der Waals surface area contributed by atoms with Crippen LogP contribution in [0.15, 0.2) is 18.2 Å². The van der Waals surface area contributed by atoms with E-state index < -0.39 is 12.0 Å². The molecule has 5 heteroatoms. The maximum Gasteiger partial charge on any atom is 0.320 e. The van der Waals surface area contributed by atoms with Gasteiger partial charge in [0.05, 0.1) is 6.61 Å². The largest absolute Gasteiger partial charge is 0.493 e. The van der Waals surface area contributed by atoms with Gasteiger partial charge in [0.25, 0.3) is 0 Å². The summed E-state index contributed by atoms with van der Waals surface area (Å²) < 4.78 is 11.2. The molecule has 0 aromatic heterocycles. The minimum atomic E-state index is -0.821. The Labute approximate surface area is 105 Å². The highest BCUT2D eigenvalue weighted by Gasteiger charge is 2.30. The van der Waals surface area contributed by atoms with Gasteiger partial charge >= 0.3 is 5.97 Å². The molecule has 1 saturated heterocycles. The van der Waals surface area contributed by atoms with Gasteiger partial charge in [0.2, 0.25) is 0 Å². The number of carbonyl (C=O) groups is 1. The lowest BCUT2D eigenvalue weighted by molar-refractivity contribution is -0.139. The minimum Gasteiger partial charge on any atom is -0.493 e. The highest BCUT2D eigenvalue weighted by Crippen LogP contribution is 2.30. The van der Waals surface area contributed by atoms with Gasteiger partial charge in [0, 0.05) is 25.5 Å². The summed E-state index contributed by atoms with van der Waals surface area (Å²) in [5.41, 5.74) is 1.20. The van der Waals surface area contributed by atoms with Crippen LogP contribution in [0.2, 0.25) is 0 Å². The molecule has 0 aliphatic carbocycles. The molecule has 1 unspecified atom stereocenters. The van der Waals surface area contributed by atoms with E-state index in [0.717, 1.165) is 24.5 Å². The summed E-state index contributed by atoms with van der Waals surface area (Å²) in [6.45, 7) is 1.29. The number of carboxylic acids is 1. The summed E-state index contributed by atoms with van der Waals surface area (Å²) in [6.07, 6.45) is 1.35. The van der Waals surface area contributed by atoms with E-state index in [0.29, 0.717) is 13.0 Å². The van der Waals surface area contributed by atoms with E-state index >= 15 is 0 Å². The van der Waals surface area contributed by atoms with Crippen LogP contribution in [0.4, 0.5) is 0 Å². The third-order valence-corrected chi connectivity index (χ3v) is 3.36. The van der Waals surface area contributed by atoms with Crippen molar-refractivity contribution in [3.63, 3.8) is 0 Å². The van der Waals surface area contributed by atoms with E-state index in [2.05, 4.69) is 5.32 Å². The summed E-state index contributed by atoms with van der Waals surface area (Å²) in [5.74, 6) is 0.806. The van der Waals surface area contributed by atoms with E-state index in [1.807, 2.05) is 18.2 Å². The number of nitrogens with one attached hydrogen (secondary N) is 1. The molecule has 0 saturated carbocycles. The zero-order chi connectivity index (χ0) is 12.5. The summed E-state index contributed by atoms with van der Waals surface area (Å²) >= 11 is 0. The Bertz CT molecular complexity index is 474. The topological polar surface area (TPSA) is 67.8 Å². The highest BCUT2D eigenvalue weighted by atomic mass is 16.5. The van der Waals surface area contributed by atoms with Crippen LogP contribution in [0, 0.1) is 0 Å². The van der Waals surface area contributed by atoms with Crippen molar-refractivity contribution in [3.05, 3.63) is 23.8 Å². The molecule has 18 heavy (non-hydrogen) atoms. The smallest absolute Gasteiger partial charge is 0.320 e. The maximum atomic E-state index is 10.8. The number of benzene rings is 1. The Kier molecular flexibility index (Phi) is 2.83. The molecule has 2 atom stereocenters. The number of hydrogen-bond acceptors (Lipinski definition) is 4. The lowest BCUT2D eigenvalue weighted by Gasteiger charge is -2.13. The van der Waals surface area contributed by atoms with Crippen LogP contribution in [0.3, 0.4) is 0 Å². The van der Waals surface area contributed by atoms with Crippen LogP contribution in [-0.2, 0) is 11.2 Å². The molecule has 1 aromatic rings. The molecule has 96 valence electrons. The standard InChI is InChI=1S/C13H15NO4/c15-13(16)11-5-10(7-14-11)18-9-2-1-8-3-4-17-12(8)6-9/h1-2,6,10-11,14H,3-5,7H2,(H,15,16)/t10?,11-/m0/s1. The Hall–Kier alpha value is -1.75. The maximum absolute atomic E-state index is 10.8. The zero-order valence-electron chi connectivity index (χ0n) is 9.89. The van der Waals surface area contributed by atoms with Crippen molar-refractivity contribution in [2.24, 2.45) is 0 Å². The second-order valence-electron chi connectivity index (χ2n) is 4.64. The molecule has 1 aromatic carbocycles. The Balaban J connectivity index is 1.65. The molecule has 2 heterocycles. The number of hydrogen-bond donors (Lipinski definition) is 2. The van der Waals surface area contributed by atoms with Crippen molar-refractivity contribution in [3.8, 4) is 11.5 Å². The number of fused-ring (bicyclic) bond motifs is 1. The van der Waals surface area contributed by atoms with Crippen molar-refractivity contribution in [2.45, 2.75) is 25.0 Å². The van der Waals surface area contributed by atoms with Gasteiger partial charge in [-0.25, -0.2) is 0 Å². The zero-order valence-corrected chi connectivity index (χ0v) is 9.89. The molecule has 1 fully saturated rings. The minimum absolute atomic E-state index is 0.0921. The van der Waals surface area contributed by atoms with Gasteiger partial charge in [-0.05, 0) is 11.6 Å². The SMILES string of the molecule is O=C(O)[C@@H]1CC(Oc2ccc3c(c2)OCC3)CN1. The predicted molar refractivity (Wildman–Crippen MR) is 64.1 cm³/mol. The van der Waals surface area contributed by atoms with Crippen molar-refractivity contribution >= 4 is 5.97 Å². The molecule has 3 rings (SSSR count). The lowest BCUT2D eigenvalue weighted by atomic mass is 10.1. The molecule has 5 nitrogen and oxygen atoms in total.